The van der Waals surface area contributed by atoms with Crippen molar-refractivity contribution in [3.63, 3.8) is 0 Å². The van der Waals surface area contributed by atoms with Crippen molar-refractivity contribution in [1.29, 1.82) is 0 Å². The molecule has 1 N–H and O–H groups in total. The molecule has 0 aliphatic heterocycles. The zero-order valence-electron chi connectivity index (χ0n) is 7.26. The van der Waals surface area contributed by atoms with E-state index in [1.165, 1.54) is 6.92 Å². The number of rotatable bonds is 5. The molecule has 0 aliphatic carbocycles. The number of hydrogen-bond donors (Lipinski definition) is 1. The molecule has 0 aromatic heterocycles. The van der Waals surface area contributed by atoms with E-state index in [2.05, 4.69) is 6.58 Å². The molecule has 0 saturated heterocycles. The molecule has 0 aromatic rings. The number of carbonyl (C=O) groups is 1. The second-order valence-electron chi connectivity index (χ2n) is 2.74. The summed E-state index contributed by atoms with van der Waals surface area (Å²) in [6.07, 6.45) is 1.98. The first-order valence-corrected chi connectivity index (χ1v) is 3.97. The molecule has 0 rings (SSSR count). The molecule has 0 amide bonds. The van der Waals surface area contributed by atoms with Gasteiger partial charge in [-0.3, -0.25) is 4.79 Å². The Labute approximate surface area is 67.9 Å². The number of Topliss-reactive ketones (excluding diaryl/α,β-unsaturated/α-hetero) is 1. The van der Waals surface area contributed by atoms with Crippen LogP contribution in [0.15, 0.2) is 12.2 Å². The van der Waals surface area contributed by atoms with Crippen LogP contribution >= 0.6 is 0 Å². The van der Waals surface area contributed by atoms with Crippen LogP contribution in [0.3, 0.4) is 0 Å². The van der Waals surface area contributed by atoms with Gasteiger partial charge in [0, 0.05) is 5.57 Å². The molecule has 11 heavy (non-hydrogen) atoms. The Morgan fingerprint density at radius 2 is 2.18 bits per heavy atom. The summed E-state index contributed by atoms with van der Waals surface area (Å²) in [7, 11) is 0. The van der Waals surface area contributed by atoms with Crippen LogP contribution in [-0.4, -0.2) is 17.0 Å². The summed E-state index contributed by atoms with van der Waals surface area (Å²) < 4.78 is 0. The van der Waals surface area contributed by atoms with Gasteiger partial charge in [-0.15, -0.1) is 0 Å². The maximum Gasteiger partial charge on any atom is 0.157 e. The van der Waals surface area contributed by atoms with E-state index in [9.17, 15) is 9.90 Å². The van der Waals surface area contributed by atoms with Crippen LogP contribution in [-0.2, 0) is 4.79 Å². The summed E-state index contributed by atoms with van der Waals surface area (Å²) >= 11 is 0. The van der Waals surface area contributed by atoms with Crippen molar-refractivity contribution in [3.05, 3.63) is 12.2 Å². The lowest BCUT2D eigenvalue weighted by Gasteiger charge is -2.09. The lowest BCUT2D eigenvalue weighted by molar-refractivity contribution is -0.114. The SMILES string of the molecule is C=C(C(C)=O)C(O)CCCC. The molecule has 2 nitrogen and oxygen atoms in total. The number of carbonyl (C=O) groups excluding carboxylic acids is 1. The summed E-state index contributed by atoms with van der Waals surface area (Å²) in [6, 6.07) is 0. The van der Waals surface area contributed by atoms with Gasteiger partial charge in [0.2, 0.25) is 0 Å². The fraction of sp³-hybridized carbons (Fsp3) is 0.667. The maximum absolute atomic E-state index is 10.7. The number of ketones is 1. The van der Waals surface area contributed by atoms with Gasteiger partial charge in [0.25, 0.3) is 0 Å². The zero-order chi connectivity index (χ0) is 8.85. The fourth-order valence-corrected chi connectivity index (χ4v) is 0.806. The van der Waals surface area contributed by atoms with Gasteiger partial charge in [0.1, 0.15) is 0 Å². The smallest absolute Gasteiger partial charge is 0.157 e. The molecular formula is C9H16O2. The maximum atomic E-state index is 10.7. The third-order valence-electron chi connectivity index (χ3n) is 1.69. The normalized spacial score (nSPS) is 12.6. The van der Waals surface area contributed by atoms with Gasteiger partial charge in [0.15, 0.2) is 5.78 Å². The molecule has 0 bridgehead atoms. The first kappa shape index (κ1) is 10.4. The average molecular weight is 156 g/mol. The van der Waals surface area contributed by atoms with Crippen molar-refractivity contribution in [3.8, 4) is 0 Å². The number of hydrogen-bond acceptors (Lipinski definition) is 2. The Morgan fingerprint density at radius 1 is 1.64 bits per heavy atom. The van der Waals surface area contributed by atoms with E-state index in [4.69, 9.17) is 0 Å². The second kappa shape index (κ2) is 5.08. The molecular weight excluding hydrogens is 140 g/mol. The predicted molar refractivity (Wildman–Crippen MR) is 45.4 cm³/mol. The average Bonchev–Trinajstić information content (AvgIpc) is 1.98. The first-order chi connectivity index (χ1) is 5.09. The largest absolute Gasteiger partial charge is 0.388 e. The van der Waals surface area contributed by atoms with Crippen LogP contribution in [0, 0.1) is 0 Å². The van der Waals surface area contributed by atoms with E-state index < -0.39 is 6.10 Å². The van der Waals surface area contributed by atoms with Gasteiger partial charge in [-0.1, -0.05) is 26.3 Å². The van der Waals surface area contributed by atoms with Gasteiger partial charge in [-0.05, 0) is 13.3 Å². The highest BCUT2D eigenvalue weighted by molar-refractivity contribution is 5.93. The minimum absolute atomic E-state index is 0.117. The molecule has 64 valence electrons. The molecule has 0 spiro atoms. The van der Waals surface area contributed by atoms with Crippen LogP contribution in [0.25, 0.3) is 0 Å². The summed E-state index contributed by atoms with van der Waals surface area (Å²) in [6.45, 7) is 6.98. The molecule has 0 heterocycles. The first-order valence-electron chi connectivity index (χ1n) is 3.97. The van der Waals surface area contributed by atoms with E-state index in [1.807, 2.05) is 6.92 Å². The Hall–Kier alpha value is -0.630. The van der Waals surface area contributed by atoms with Crippen LogP contribution in [0.2, 0.25) is 0 Å². The monoisotopic (exact) mass is 156 g/mol. The lowest BCUT2D eigenvalue weighted by atomic mass is 10.0. The molecule has 0 fully saturated rings. The van der Waals surface area contributed by atoms with Crippen LogP contribution in [0.4, 0.5) is 0 Å². The van der Waals surface area contributed by atoms with Crippen molar-refractivity contribution in [1.82, 2.24) is 0 Å². The van der Waals surface area contributed by atoms with E-state index in [-0.39, 0.29) is 5.78 Å². The minimum atomic E-state index is -0.632. The molecule has 1 unspecified atom stereocenters. The molecule has 0 radical (unpaired) electrons. The second-order valence-corrected chi connectivity index (χ2v) is 2.74. The van der Waals surface area contributed by atoms with Gasteiger partial charge in [-0.25, -0.2) is 0 Å². The molecule has 0 aliphatic rings. The van der Waals surface area contributed by atoms with Crippen LogP contribution in [0.1, 0.15) is 33.1 Å². The molecule has 1 atom stereocenters. The quantitative estimate of drug-likeness (QED) is 0.615. The summed E-state index contributed by atoms with van der Waals surface area (Å²) in [5.41, 5.74) is 0.332. The minimum Gasteiger partial charge on any atom is -0.388 e. The van der Waals surface area contributed by atoms with Gasteiger partial charge in [-0.2, -0.15) is 0 Å². The summed E-state index contributed by atoms with van der Waals surface area (Å²) in [5, 5.41) is 9.30. The summed E-state index contributed by atoms with van der Waals surface area (Å²) in [4.78, 5) is 10.7. The van der Waals surface area contributed by atoms with Crippen molar-refractivity contribution in [2.24, 2.45) is 0 Å². The van der Waals surface area contributed by atoms with Crippen molar-refractivity contribution in [2.45, 2.75) is 39.2 Å². The Bertz CT molecular complexity index is 150. The van der Waals surface area contributed by atoms with E-state index in [0.717, 1.165) is 12.8 Å². The van der Waals surface area contributed by atoms with Crippen molar-refractivity contribution < 1.29 is 9.90 Å². The van der Waals surface area contributed by atoms with E-state index >= 15 is 0 Å². The zero-order valence-corrected chi connectivity index (χ0v) is 7.26. The topological polar surface area (TPSA) is 37.3 Å². The van der Waals surface area contributed by atoms with E-state index in [1.54, 1.807) is 0 Å². The predicted octanol–water partition coefficient (Wildman–Crippen LogP) is 1.68. The highest BCUT2D eigenvalue weighted by Crippen LogP contribution is 2.08. The number of aliphatic hydroxyl groups is 1. The number of aliphatic hydroxyl groups excluding tert-OH is 1. The number of unbranched alkanes of at least 4 members (excludes halogenated alkanes) is 1. The lowest BCUT2D eigenvalue weighted by Crippen LogP contribution is -2.14. The van der Waals surface area contributed by atoms with E-state index in [0.29, 0.717) is 12.0 Å². The van der Waals surface area contributed by atoms with Gasteiger partial charge < -0.3 is 5.11 Å². The highest BCUT2D eigenvalue weighted by atomic mass is 16.3. The van der Waals surface area contributed by atoms with Gasteiger partial charge >= 0.3 is 0 Å². The van der Waals surface area contributed by atoms with Crippen molar-refractivity contribution >= 4 is 5.78 Å². The summed E-state index contributed by atoms with van der Waals surface area (Å²) in [5.74, 6) is -0.117. The Balaban J connectivity index is 3.73. The Kier molecular flexibility index (Phi) is 4.79. The molecule has 2 heteroatoms. The van der Waals surface area contributed by atoms with Crippen LogP contribution in [0.5, 0.6) is 0 Å². The third kappa shape index (κ3) is 3.94. The molecule has 0 saturated carbocycles. The van der Waals surface area contributed by atoms with Crippen LogP contribution < -0.4 is 0 Å². The Morgan fingerprint density at radius 3 is 2.55 bits per heavy atom. The molecule has 0 aromatic carbocycles. The fourth-order valence-electron chi connectivity index (χ4n) is 0.806. The highest BCUT2D eigenvalue weighted by Gasteiger charge is 2.11. The third-order valence-corrected chi connectivity index (χ3v) is 1.69. The van der Waals surface area contributed by atoms with Crippen molar-refractivity contribution in [2.75, 3.05) is 0 Å². The standard InChI is InChI=1S/C9H16O2/c1-4-5-6-9(11)7(2)8(3)10/h9,11H,2,4-6H2,1,3H3. The van der Waals surface area contributed by atoms with Gasteiger partial charge in [0.05, 0.1) is 6.10 Å².